The highest BCUT2D eigenvalue weighted by Crippen LogP contribution is 2.05. The Morgan fingerprint density at radius 3 is 2.67 bits per heavy atom. The van der Waals surface area contributed by atoms with Crippen LogP contribution in [0.5, 0.6) is 0 Å². The molecular weight excluding hydrogens is 238 g/mol. The van der Waals surface area contributed by atoms with E-state index in [2.05, 4.69) is 14.5 Å². The maximum atomic E-state index is 11.2. The summed E-state index contributed by atoms with van der Waals surface area (Å²) in [5.41, 5.74) is 0. The summed E-state index contributed by atoms with van der Waals surface area (Å²) in [6.07, 6.45) is 0. The summed E-state index contributed by atoms with van der Waals surface area (Å²) in [5, 5.41) is -0.376. The summed E-state index contributed by atoms with van der Waals surface area (Å²) >= 11 is 5.30. The van der Waals surface area contributed by atoms with E-state index in [0.29, 0.717) is 6.54 Å². The predicted molar refractivity (Wildman–Crippen MR) is 61.6 cm³/mol. The first kappa shape index (κ1) is 13.2. The van der Waals surface area contributed by atoms with Gasteiger partial charge in [-0.3, -0.25) is 4.90 Å². The van der Waals surface area contributed by atoms with Crippen molar-refractivity contribution in [2.24, 2.45) is 0 Å². The van der Waals surface area contributed by atoms with E-state index in [0.717, 1.165) is 19.6 Å². The van der Waals surface area contributed by atoms with Gasteiger partial charge in [-0.1, -0.05) is 0 Å². The van der Waals surface area contributed by atoms with Crippen LogP contribution in [0.25, 0.3) is 0 Å². The fourth-order valence-corrected chi connectivity index (χ4v) is 2.34. The van der Waals surface area contributed by atoms with Crippen molar-refractivity contribution in [1.82, 2.24) is 14.5 Å². The molecule has 0 aromatic carbocycles. The molecule has 90 valence electrons. The maximum absolute atomic E-state index is 11.2. The predicted octanol–water partition coefficient (Wildman–Crippen LogP) is -0.652. The van der Waals surface area contributed by atoms with Gasteiger partial charge in [-0.2, -0.15) is 0 Å². The van der Waals surface area contributed by atoms with Gasteiger partial charge in [-0.15, -0.1) is 11.6 Å². The van der Waals surface area contributed by atoms with Crippen LogP contribution in [0.3, 0.4) is 0 Å². The topological polar surface area (TPSA) is 52.6 Å². The minimum Gasteiger partial charge on any atom is -0.303 e. The van der Waals surface area contributed by atoms with Gasteiger partial charge >= 0.3 is 0 Å². The van der Waals surface area contributed by atoms with Gasteiger partial charge < -0.3 is 4.90 Å². The molecule has 1 fully saturated rings. The van der Waals surface area contributed by atoms with Crippen LogP contribution in [0.1, 0.15) is 0 Å². The Balaban J connectivity index is 2.43. The Hall–Kier alpha value is 0.120. The fourth-order valence-electron chi connectivity index (χ4n) is 1.58. The normalized spacial score (nSPS) is 25.7. The molecular formula is C8H18ClN3O2S. The molecule has 7 heteroatoms. The monoisotopic (exact) mass is 255 g/mol. The number of alkyl halides is 1. The molecule has 1 unspecified atom stereocenters. The van der Waals surface area contributed by atoms with E-state index in [-0.39, 0.29) is 11.3 Å². The smallest absolute Gasteiger partial charge is 0.225 e. The van der Waals surface area contributed by atoms with Crippen LogP contribution in [-0.2, 0) is 10.0 Å². The van der Waals surface area contributed by atoms with Crippen LogP contribution in [0.15, 0.2) is 0 Å². The second kappa shape index (κ2) is 5.45. The number of nitrogens with zero attached hydrogens (tertiary/aromatic N) is 2. The summed E-state index contributed by atoms with van der Waals surface area (Å²) in [4.78, 5) is 4.36. The molecule has 1 rings (SSSR count). The zero-order chi connectivity index (χ0) is 11.5. The van der Waals surface area contributed by atoms with Crippen molar-refractivity contribution in [2.45, 2.75) is 6.04 Å². The number of hydrogen-bond donors (Lipinski definition) is 1. The highest BCUT2D eigenvalue weighted by molar-refractivity contribution is 7.90. The lowest BCUT2D eigenvalue weighted by Crippen LogP contribution is -2.54. The van der Waals surface area contributed by atoms with E-state index in [1.165, 1.54) is 0 Å². The van der Waals surface area contributed by atoms with E-state index < -0.39 is 10.0 Å². The second-order valence-corrected chi connectivity index (χ2v) is 6.36. The van der Waals surface area contributed by atoms with Crippen LogP contribution >= 0.6 is 11.6 Å². The van der Waals surface area contributed by atoms with Crippen molar-refractivity contribution in [1.29, 1.82) is 0 Å². The molecule has 0 aromatic rings. The minimum absolute atomic E-state index is 0.224. The molecule has 0 aliphatic carbocycles. The SMILES string of the molecule is CN1CCN(C)C(CNS(=O)(=O)CCl)C1. The Bertz CT molecular complexity index is 296. The van der Waals surface area contributed by atoms with E-state index in [1.807, 2.05) is 14.1 Å². The van der Waals surface area contributed by atoms with Crippen molar-refractivity contribution in [3.05, 3.63) is 0 Å². The first-order valence-electron chi connectivity index (χ1n) is 4.86. The van der Waals surface area contributed by atoms with Gasteiger partial charge in [0.05, 0.1) is 0 Å². The third-order valence-corrected chi connectivity index (χ3v) is 4.42. The standard InChI is InChI=1S/C8H18ClN3O2S/c1-11-3-4-12(2)8(6-11)5-10-15(13,14)7-9/h8,10H,3-7H2,1-2H3. The van der Waals surface area contributed by atoms with Crippen molar-refractivity contribution < 1.29 is 8.42 Å². The van der Waals surface area contributed by atoms with Crippen LogP contribution < -0.4 is 4.72 Å². The highest BCUT2D eigenvalue weighted by atomic mass is 35.5. The largest absolute Gasteiger partial charge is 0.303 e. The Morgan fingerprint density at radius 2 is 2.07 bits per heavy atom. The van der Waals surface area contributed by atoms with Gasteiger partial charge in [-0.25, -0.2) is 13.1 Å². The summed E-state index contributed by atoms with van der Waals surface area (Å²) < 4.78 is 24.8. The van der Waals surface area contributed by atoms with Gasteiger partial charge in [0.1, 0.15) is 5.21 Å². The van der Waals surface area contributed by atoms with Crippen molar-refractivity contribution >= 4 is 21.6 Å². The molecule has 0 saturated carbocycles. The summed E-state index contributed by atoms with van der Waals surface area (Å²) in [5.74, 6) is 0. The number of hydrogen-bond acceptors (Lipinski definition) is 4. The second-order valence-electron chi connectivity index (χ2n) is 3.97. The van der Waals surface area contributed by atoms with Gasteiger partial charge in [0.2, 0.25) is 10.0 Å². The molecule has 0 bridgehead atoms. The minimum atomic E-state index is -3.29. The molecule has 1 aliphatic rings. The highest BCUT2D eigenvalue weighted by Gasteiger charge is 2.23. The zero-order valence-electron chi connectivity index (χ0n) is 9.11. The molecule has 5 nitrogen and oxygen atoms in total. The third-order valence-electron chi connectivity index (χ3n) is 2.66. The third kappa shape index (κ3) is 4.24. The summed E-state index contributed by atoms with van der Waals surface area (Å²) in [7, 11) is 0.755. The molecule has 1 heterocycles. The van der Waals surface area contributed by atoms with E-state index >= 15 is 0 Å². The van der Waals surface area contributed by atoms with Crippen LogP contribution in [0.4, 0.5) is 0 Å². The van der Waals surface area contributed by atoms with Gasteiger partial charge in [0.15, 0.2) is 0 Å². The number of likely N-dealkylation sites (N-methyl/N-ethyl adjacent to an activating group) is 2. The van der Waals surface area contributed by atoms with E-state index in [1.54, 1.807) is 0 Å². The van der Waals surface area contributed by atoms with Gasteiger partial charge in [0.25, 0.3) is 0 Å². The van der Waals surface area contributed by atoms with Crippen molar-refractivity contribution in [3.8, 4) is 0 Å². The first-order valence-corrected chi connectivity index (χ1v) is 7.05. The molecule has 1 aliphatic heterocycles. The number of piperazine rings is 1. The first-order chi connectivity index (χ1) is 6.94. The molecule has 1 N–H and O–H groups in total. The number of sulfonamides is 1. The maximum Gasteiger partial charge on any atom is 0.225 e. The molecule has 1 saturated heterocycles. The molecule has 1 atom stereocenters. The van der Waals surface area contributed by atoms with Crippen LogP contribution in [-0.4, -0.2) is 69.7 Å². The Labute approximate surface area is 96.4 Å². The average Bonchev–Trinajstić information content (AvgIpc) is 2.20. The van der Waals surface area contributed by atoms with Crippen LogP contribution in [0, 0.1) is 0 Å². The lowest BCUT2D eigenvalue weighted by molar-refractivity contribution is 0.117. The van der Waals surface area contributed by atoms with Crippen molar-refractivity contribution in [3.63, 3.8) is 0 Å². The quantitative estimate of drug-likeness (QED) is 0.679. The summed E-state index contributed by atoms with van der Waals surface area (Å²) in [6, 6.07) is 0.224. The van der Waals surface area contributed by atoms with Crippen LogP contribution in [0.2, 0.25) is 0 Å². The number of halogens is 1. The lowest BCUT2D eigenvalue weighted by Gasteiger charge is -2.37. The van der Waals surface area contributed by atoms with Gasteiger partial charge in [-0.05, 0) is 14.1 Å². The zero-order valence-corrected chi connectivity index (χ0v) is 10.7. The molecule has 0 radical (unpaired) electrons. The molecule has 0 amide bonds. The molecule has 15 heavy (non-hydrogen) atoms. The molecule has 0 spiro atoms. The van der Waals surface area contributed by atoms with Crippen molar-refractivity contribution in [2.75, 3.05) is 45.5 Å². The Kier molecular flexibility index (Phi) is 4.79. The summed E-state index contributed by atoms with van der Waals surface area (Å²) in [6.45, 7) is 3.29. The Morgan fingerprint density at radius 1 is 1.40 bits per heavy atom. The fraction of sp³-hybridized carbons (Fsp3) is 1.00. The van der Waals surface area contributed by atoms with Gasteiger partial charge in [0, 0.05) is 32.2 Å². The molecule has 0 aromatic heterocycles. The average molecular weight is 256 g/mol. The lowest BCUT2D eigenvalue weighted by atomic mass is 10.2. The van der Waals surface area contributed by atoms with E-state index in [4.69, 9.17) is 11.6 Å². The number of nitrogens with one attached hydrogen (secondary N) is 1. The van der Waals surface area contributed by atoms with E-state index in [9.17, 15) is 8.42 Å². The number of rotatable bonds is 4.